The van der Waals surface area contributed by atoms with Crippen molar-refractivity contribution in [3.63, 3.8) is 0 Å². The van der Waals surface area contributed by atoms with Crippen LogP contribution in [0.2, 0.25) is 4.34 Å². The van der Waals surface area contributed by atoms with Crippen molar-refractivity contribution in [2.45, 2.75) is 10.6 Å². The Morgan fingerprint density at radius 1 is 1.40 bits per heavy atom. The highest BCUT2D eigenvalue weighted by molar-refractivity contribution is 7.98. The topological polar surface area (TPSA) is 25.8 Å². The molecule has 1 aromatic heterocycles. The van der Waals surface area contributed by atoms with Crippen molar-refractivity contribution in [3.05, 3.63) is 40.1 Å². The summed E-state index contributed by atoms with van der Waals surface area (Å²) in [5, 5.41) is 3.85. The number of nitrogens with zero attached hydrogens (tertiary/aromatic N) is 2. The van der Waals surface area contributed by atoms with Gasteiger partial charge in [0.2, 0.25) is 0 Å². The zero-order chi connectivity index (χ0) is 10.7. The van der Waals surface area contributed by atoms with Gasteiger partial charge in [0.15, 0.2) is 0 Å². The molecule has 0 bridgehead atoms. The summed E-state index contributed by atoms with van der Waals surface area (Å²) >= 11 is 8.34. The van der Waals surface area contributed by atoms with Crippen LogP contribution in [0.5, 0.6) is 0 Å². The molecule has 0 saturated heterocycles. The van der Waals surface area contributed by atoms with Gasteiger partial charge in [0.25, 0.3) is 0 Å². The molecule has 2 aromatic rings. The Bertz CT molecular complexity index is 461. The van der Waals surface area contributed by atoms with Gasteiger partial charge in [-0.05, 0) is 12.1 Å². The third-order valence-corrected chi connectivity index (χ3v) is 3.75. The number of aromatic nitrogens is 2. The Kier molecular flexibility index (Phi) is 3.56. The molecule has 0 fully saturated rings. The molecule has 1 heterocycles. The number of halogens is 2. The molecule has 0 saturated carbocycles. The van der Waals surface area contributed by atoms with Gasteiger partial charge in [0.05, 0.1) is 0 Å². The predicted molar refractivity (Wildman–Crippen MR) is 60.9 cm³/mol. The Labute approximate surface area is 99.6 Å². The van der Waals surface area contributed by atoms with Crippen molar-refractivity contribution in [2.75, 3.05) is 0 Å². The minimum Gasteiger partial charge on any atom is -0.206 e. The second kappa shape index (κ2) is 4.92. The quantitative estimate of drug-likeness (QED) is 0.789. The molecule has 0 atom stereocenters. The lowest BCUT2D eigenvalue weighted by atomic mass is 10.3. The van der Waals surface area contributed by atoms with E-state index in [1.165, 1.54) is 17.8 Å². The zero-order valence-corrected chi connectivity index (χ0v) is 9.87. The van der Waals surface area contributed by atoms with E-state index in [4.69, 9.17) is 11.6 Å². The van der Waals surface area contributed by atoms with Crippen LogP contribution in [0, 0.1) is 5.82 Å². The van der Waals surface area contributed by atoms with E-state index < -0.39 is 0 Å². The number of benzene rings is 1. The van der Waals surface area contributed by atoms with Crippen LogP contribution in [-0.2, 0) is 5.75 Å². The molecule has 0 N–H and O–H groups in total. The van der Waals surface area contributed by atoms with E-state index in [1.807, 2.05) is 0 Å². The van der Waals surface area contributed by atoms with Crippen molar-refractivity contribution in [1.29, 1.82) is 0 Å². The molecule has 0 unspecified atom stereocenters. The Hall–Kier alpha value is -0.650. The molecule has 0 radical (unpaired) electrons. The van der Waals surface area contributed by atoms with Crippen molar-refractivity contribution in [1.82, 2.24) is 9.59 Å². The maximum Gasteiger partial charge on any atom is 0.138 e. The monoisotopic (exact) mass is 260 g/mol. The van der Waals surface area contributed by atoms with Gasteiger partial charge in [-0.3, -0.25) is 0 Å². The normalized spacial score (nSPS) is 10.5. The molecule has 2 nitrogen and oxygen atoms in total. The maximum absolute atomic E-state index is 13.2. The minimum atomic E-state index is -0.221. The van der Waals surface area contributed by atoms with Gasteiger partial charge < -0.3 is 0 Å². The highest BCUT2D eigenvalue weighted by atomic mass is 35.5. The first-order chi connectivity index (χ1) is 7.27. The van der Waals surface area contributed by atoms with E-state index in [0.717, 1.165) is 11.5 Å². The summed E-state index contributed by atoms with van der Waals surface area (Å²) in [4.78, 5) is 0.599. The predicted octanol–water partition coefficient (Wildman–Crippen LogP) is 3.62. The molecule has 0 aliphatic heterocycles. The summed E-state index contributed by atoms with van der Waals surface area (Å²) in [6.07, 6.45) is 0. The first-order valence-corrected chi connectivity index (χ1v) is 6.25. The summed E-state index contributed by atoms with van der Waals surface area (Å²) in [6.45, 7) is 0. The third-order valence-electron chi connectivity index (χ3n) is 1.71. The molecule has 6 heteroatoms. The van der Waals surface area contributed by atoms with Crippen LogP contribution < -0.4 is 0 Å². The average molecular weight is 261 g/mol. The van der Waals surface area contributed by atoms with Crippen LogP contribution in [0.25, 0.3) is 0 Å². The van der Waals surface area contributed by atoms with E-state index in [-0.39, 0.29) is 5.82 Å². The van der Waals surface area contributed by atoms with E-state index >= 15 is 0 Å². The molecule has 0 aliphatic carbocycles. The molecule has 2 rings (SSSR count). The van der Waals surface area contributed by atoms with E-state index in [0.29, 0.717) is 20.7 Å². The SMILES string of the molecule is Fc1ccccc1SCc1nnsc1Cl. The summed E-state index contributed by atoms with van der Waals surface area (Å²) in [6, 6.07) is 6.63. The van der Waals surface area contributed by atoms with Gasteiger partial charge in [-0.25, -0.2) is 4.39 Å². The van der Waals surface area contributed by atoms with E-state index in [9.17, 15) is 4.39 Å². The van der Waals surface area contributed by atoms with Gasteiger partial charge >= 0.3 is 0 Å². The van der Waals surface area contributed by atoms with Crippen molar-refractivity contribution in [2.24, 2.45) is 0 Å². The second-order valence-corrected chi connectivity index (χ2v) is 5.09. The van der Waals surface area contributed by atoms with Crippen molar-refractivity contribution >= 4 is 34.9 Å². The van der Waals surface area contributed by atoms with Crippen LogP contribution in [0.15, 0.2) is 29.2 Å². The van der Waals surface area contributed by atoms with Crippen molar-refractivity contribution < 1.29 is 4.39 Å². The molecule has 78 valence electrons. The molecule has 0 aliphatic rings. The summed E-state index contributed by atoms with van der Waals surface area (Å²) in [5.41, 5.74) is 0.704. The van der Waals surface area contributed by atoms with Gasteiger partial charge in [-0.15, -0.1) is 16.9 Å². The average Bonchev–Trinajstić information content (AvgIpc) is 2.63. The molecule has 1 aromatic carbocycles. The Morgan fingerprint density at radius 2 is 2.20 bits per heavy atom. The molecule has 0 amide bonds. The first kappa shape index (κ1) is 10.9. The Morgan fingerprint density at radius 3 is 2.87 bits per heavy atom. The van der Waals surface area contributed by atoms with Crippen LogP contribution in [0.1, 0.15) is 5.69 Å². The lowest BCUT2D eigenvalue weighted by molar-refractivity contribution is 0.602. The third kappa shape index (κ3) is 2.68. The highest BCUT2D eigenvalue weighted by Gasteiger charge is 2.07. The fourth-order valence-corrected chi connectivity index (χ4v) is 2.66. The van der Waals surface area contributed by atoms with Gasteiger partial charge in [0, 0.05) is 22.2 Å². The fourth-order valence-electron chi connectivity index (χ4n) is 0.991. The second-order valence-electron chi connectivity index (χ2n) is 2.71. The molecular weight excluding hydrogens is 255 g/mol. The standard InChI is InChI=1S/C9H6ClFN2S2/c10-9-7(12-13-15-9)5-14-8-4-2-1-3-6(8)11/h1-4H,5H2. The lowest BCUT2D eigenvalue weighted by Gasteiger charge is -2.00. The van der Waals surface area contributed by atoms with Crippen LogP contribution >= 0.6 is 34.9 Å². The smallest absolute Gasteiger partial charge is 0.138 e. The summed E-state index contributed by atoms with van der Waals surface area (Å²) in [5.74, 6) is 0.317. The summed E-state index contributed by atoms with van der Waals surface area (Å²) < 4.78 is 17.5. The minimum absolute atomic E-state index is 0.221. The molecular formula is C9H6ClFN2S2. The van der Waals surface area contributed by atoms with Crippen LogP contribution in [-0.4, -0.2) is 9.59 Å². The molecule has 15 heavy (non-hydrogen) atoms. The number of hydrogen-bond donors (Lipinski definition) is 0. The van der Waals surface area contributed by atoms with Crippen LogP contribution in [0.4, 0.5) is 4.39 Å². The summed E-state index contributed by atoms with van der Waals surface area (Å²) in [7, 11) is 0. The largest absolute Gasteiger partial charge is 0.206 e. The van der Waals surface area contributed by atoms with Gasteiger partial charge in [0.1, 0.15) is 15.8 Å². The molecule has 0 spiro atoms. The van der Waals surface area contributed by atoms with E-state index in [1.54, 1.807) is 18.2 Å². The Balaban J connectivity index is 2.06. The van der Waals surface area contributed by atoms with Crippen molar-refractivity contribution in [3.8, 4) is 0 Å². The first-order valence-electron chi connectivity index (χ1n) is 4.11. The number of rotatable bonds is 3. The van der Waals surface area contributed by atoms with Crippen LogP contribution in [0.3, 0.4) is 0 Å². The fraction of sp³-hybridized carbons (Fsp3) is 0.111. The number of hydrogen-bond acceptors (Lipinski definition) is 4. The number of thioether (sulfide) groups is 1. The lowest BCUT2D eigenvalue weighted by Crippen LogP contribution is -1.84. The maximum atomic E-state index is 13.2. The van der Waals surface area contributed by atoms with Gasteiger partial charge in [-0.1, -0.05) is 28.2 Å². The zero-order valence-electron chi connectivity index (χ0n) is 7.48. The van der Waals surface area contributed by atoms with E-state index in [2.05, 4.69) is 9.59 Å². The highest BCUT2D eigenvalue weighted by Crippen LogP contribution is 2.28. The van der Waals surface area contributed by atoms with Gasteiger partial charge in [-0.2, -0.15) is 0 Å².